The van der Waals surface area contributed by atoms with Crippen molar-refractivity contribution in [2.45, 2.75) is 19.0 Å². The zero-order valence-electron chi connectivity index (χ0n) is 8.29. The molecule has 0 aliphatic heterocycles. The third kappa shape index (κ3) is 2.55. The Hall–Kier alpha value is -1.38. The van der Waals surface area contributed by atoms with Crippen LogP contribution < -0.4 is 0 Å². The van der Waals surface area contributed by atoms with E-state index in [0.29, 0.717) is 5.56 Å². The molecule has 1 unspecified atom stereocenters. The van der Waals surface area contributed by atoms with Crippen LogP contribution in [0.2, 0.25) is 0 Å². The summed E-state index contributed by atoms with van der Waals surface area (Å²) in [7, 11) is 1.25. The minimum atomic E-state index is -1.66. The van der Waals surface area contributed by atoms with E-state index in [1.165, 1.54) is 14.0 Å². The van der Waals surface area contributed by atoms with Gasteiger partial charge >= 0.3 is 5.97 Å². The molecule has 0 bridgehead atoms. The zero-order valence-corrected chi connectivity index (χ0v) is 8.29. The largest absolute Gasteiger partial charge is 0.469 e. The molecule has 0 aliphatic carbocycles. The third-order valence-corrected chi connectivity index (χ3v) is 2.08. The van der Waals surface area contributed by atoms with Crippen LogP contribution >= 0.6 is 0 Å². The summed E-state index contributed by atoms with van der Waals surface area (Å²) >= 11 is 0. The lowest BCUT2D eigenvalue weighted by molar-refractivity contribution is -0.143. The molecule has 0 aromatic heterocycles. The SMILES string of the molecule is COC(=O)CC(C)(F)c1ccccc1. The standard InChI is InChI=1S/C11H13FO2/c1-11(12,8-10(13)14-2)9-6-4-3-5-7-9/h3-7H,8H2,1-2H3. The minimum absolute atomic E-state index is 0.256. The minimum Gasteiger partial charge on any atom is -0.469 e. The van der Waals surface area contributed by atoms with Crippen LogP contribution in [0.25, 0.3) is 0 Å². The molecule has 76 valence electrons. The van der Waals surface area contributed by atoms with Crippen molar-refractivity contribution < 1.29 is 13.9 Å². The second-order valence-corrected chi connectivity index (χ2v) is 3.32. The van der Waals surface area contributed by atoms with Gasteiger partial charge in [-0.3, -0.25) is 4.79 Å². The predicted octanol–water partition coefficient (Wildman–Crippen LogP) is 2.43. The average molecular weight is 196 g/mol. The van der Waals surface area contributed by atoms with E-state index in [1.807, 2.05) is 0 Å². The number of rotatable bonds is 3. The van der Waals surface area contributed by atoms with Crippen LogP contribution in [0.4, 0.5) is 4.39 Å². The van der Waals surface area contributed by atoms with Crippen LogP contribution in [0.1, 0.15) is 18.9 Å². The number of benzene rings is 1. The molecule has 0 heterocycles. The van der Waals surface area contributed by atoms with Gasteiger partial charge in [-0.2, -0.15) is 0 Å². The Morgan fingerprint density at radius 3 is 2.50 bits per heavy atom. The first-order valence-corrected chi connectivity index (χ1v) is 4.37. The summed E-state index contributed by atoms with van der Waals surface area (Å²) in [4.78, 5) is 10.9. The number of carbonyl (C=O) groups excluding carboxylic acids is 1. The smallest absolute Gasteiger partial charge is 0.309 e. The first kappa shape index (κ1) is 10.7. The van der Waals surface area contributed by atoms with E-state index >= 15 is 0 Å². The lowest BCUT2D eigenvalue weighted by Crippen LogP contribution is -2.20. The number of esters is 1. The number of hydrogen-bond acceptors (Lipinski definition) is 2. The highest BCUT2D eigenvalue weighted by atomic mass is 19.1. The molecule has 0 radical (unpaired) electrons. The van der Waals surface area contributed by atoms with Crippen molar-refractivity contribution in [3.63, 3.8) is 0 Å². The summed E-state index contributed by atoms with van der Waals surface area (Å²) in [6, 6.07) is 8.60. The van der Waals surface area contributed by atoms with Crippen molar-refractivity contribution in [1.29, 1.82) is 0 Å². The molecule has 1 atom stereocenters. The van der Waals surface area contributed by atoms with E-state index in [2.05, 4.69) is 4.74 Å². The monoisotopic (exact) mass is 196 g/mol. The Labute approximate surface area is 82.7 Å². The third-order valence-electron chi connectivity index (χ3n) is 2.08. The van der Waals surface area contributed by atoms with E-state index in [4.69, 9.17) is 0 Å². The van der Waals surface area contributed by atoms with Crippen molar-refractivity contribution in [3.8, 4) is 0 Å². The first-order chi connectivity index (χ1) is 6.56. The summed E-state index contributed by atoms with van der Waals surface area (Å²) in [6.07, 6.45) is -0.256. The maximum atomic E-state index is 14.0. The van der Waals surface area contributed by atoms with Gasteiger partial charge < -0.3 is 4.74 Å². The zero-order chi connectivity index (χ0) is 10.6. The van der Waals surface area contributed by atoms with Crippen LogP contribution in [-0.2, 0) is 15.2 Å². The van der Waals surface area contributed by atoms with Crippen LogP contribution in [0, 0.1) is 0 Å². The van der Waals surface area contributed by atoms with Crippen LogP contribution in [-0.4, -0.2) is 13.1 Å². The summed E-state index contributed by atoms with van der Waals surface area (Å²) < 4.78 is 18.4. The second-order valence-electron chi connectivity index (χ2n) is 3.32. The van der Waals surface area contributed by atoms with Crippen molar-refractivity contribution in [3.05, 3.63) is 35.9 Å². The van der Waals surface area contributed by atoms with E-state index in [-0.39, 0.29) is 6.42 Å². The fourth-order valence-electron chi connectivity index (χ4n) is 1.23. The van der Waals surface area contributed by atoms with Crippen LogP contribution in [0.15, 0.2) is 30.3 Å². The fraction of sp³-hybridized carbons (Fsp3) is 0.364. The van der Waals surface area contributed by atoms with Crippen LogP contribution in [0.3, 0.4) is 0 Å². The van der Waals surface area contributed by atoms with Gasteiger partial charge in [0, 0.05) is 0 Å². The molecular formula is C11H13FO2. The Morgan fingerprint density at radius 2 is 2.00 bits per heavy atom. The average Bonchev–Trinajstić information content (AvgIpc) is 2.18. The highest BCUT2D eigenvalue weighted by Gasteiger charge is 2.29. The molecule has 0 aliphatic rings. The molecule has 0 saturated heterocycles. The number of carbonyl (C=O) groups is 1. The number of methoxy groups -OCH3 is 1. The second kappa shape index (κ2) is 4.22. The number of hydrogen-bond donors (Lipinski definition) is 0. The number of alkyl halides is 1. The van der Waals surface area contributed by atoms with Gasteiger partial charge in [-0.05, 0) is 12.5 Å². The Kier molecular flexibility index (Phi) is 3.23. The topological polar surface area (TPSA) is 26.3 Å². The fourth-order valence-corrected chi connectivity index (χ4v) is 1.23. The maximum absolute atomic E-state index is 14.0. The molecular weight excluding hydrogens is 183 g/mol. The summed E-state index contributed by atoms with van der Waals surface area (Å²) in [6.45, 7) is 1.37. The van der Waals surface area contributed by atoms with Gasteiger partial charge in [-0.15, -0.1) is 0 Å². The summed E-state index contributed by atoms with van der Waals surface area (Å²) in [5.41, 5.74) is -1.17. The van der Waals surface area contributed by atoms with Gasteiger partial charge in [-0.25, -0.2) is 4.39 Å². The molecule has 3 heteroatoms. The maximum Gasteiger partial charge on any atom is 0.309 e. The highest BCUT2D eigenvalue weighted by molar-refractivity contribution is 5.70. The van der Waals surface area contributed by atoms with E-state index in [0.717, 1.165) is 0 Å². The summed E-state index contributed by atoms with van der Waals surface area (Å²) in [5, 5.41) is 0. The van der Waals surface area contributed by atoms with Crippen LogP contribution in [0.5, 0.6) is 0 Å². The van der Waals surface area contributed by atoms with Gasteiger partial charge in [0.05, 0.1) is 13.5 Å². The number of halogens is 1. The highest BCUT2D eigenvalue weighted by Crippen LogP contribution is 2.29. The summed E-state index contributed by atoms with van der Waals surface area (Å²) in [5.74, 6) is -0.543. The lowest BCUT2D eigenvalue weighted by atomic mass is 9.95. The number of ether oxygens (including phenoxy) is 1. The Balaban J connectivity index is 2.80. The Morgan fingerprint density at radius 1 is 1.43 bits per heavy atom. The van der Waals surface area contributed by atoms with Crippen molar-refractivity contribution >= 4 is 5.97 Å². The van der Waals surface area contributed by atoms with E-state index in [9.17, 15) is 9.18 Å². The quantitative estimate of drug-likeness (QED) is 0.694. The molecule has 0 spiro atoms. The van der Waals surface area contributed by atoms with Gasteiger partial charge in [0.15, 0.2) is 0 Å². The van der Waals surface area contributed by atoms with Gasteiger partial charge in [0.1, 0.15) is 5.67 Å². The predicted molar refractivity (Wildman–Crippen MR) is 51.5 cm³/mol. The Bertz CT molecular complexity index is 306. The first-order valence-electron chi connectivity index (χ1n) is 4.37. The van der Waals surface area contributed by atoms with Crippen molar-refractivity contribution in [2.75, 3.05) is 7.11 Å². The molecule has 0 amide bonds. The lowest BCUT2D eigenvalue weighted by Gasteiger charge is -2.19. The molecule has 1 aromatic rings. The van der Waals surface area contributed by atoms with E-state index in [1.54, 1.807) is 30.3 Å². The molecule has 0 fully saturated rings. The van der Waals surface area contributed by atoms with Crippen molar-refractivity contribution in [2.24, 2.45) is 0 Å². The molecule has 0 N–H and O–H groups in total. The van der Waals surface area contributed by atoms with Gasteiger partial charge in [0.2, 0.25) is 0 Å². The molecule has 1 aromatic carbocycles. The van der Waals surface area contributed by atoms with Crippen molar-refractivity contribution in [1.82, 2.24) is 0 Å². The van der Waals surface area contributed by atoms with Gasteiger partial charge in [0.25, 0.3) is 0 Å². The molecule has 1 rings (SSSR count). The molecule has 2 nitrogen and oxygen atoms in total. The molecule has 0 saturated carbocycles. The van der Waals surface area contributed by atoms with Gasteiger partial charge in [-0.1, -0.05) is 30.3 Å². The van der Waals surface area contributed by atoms with E-state index < -0.39 is 11.6 Å². The molecule has 14 heavy (non-hydrogen) atoms. The normalized spacial score (nSPS) is 14.5.